The summed E-state index contributed by atoms with van der Waals surface area (Å²) in [6.45, 7) is 4.49. The molecule has 0 aliphatic heterocycles. The minimum Gasteiger partial charge on any atom is -0.294 e. The second kappa shape index (κ2) is 6.71. The Labute approximate surface area is 136 Å². The number of ketones is 1. The van der Waals surface area contributed by atoms with Crippen LogP contribution in [0, 0.1) is 5.82 Å². The predicted octanol–water partition coefficient (Wildman–Crippen LogP) is 4.45. The maximum Gasteiger partial charge on any atom is 0.172 e. The molecule has 1 aromatic heterocycles. The van der Waals surface area contributed by atoms with E-state index in [4.69, 9.17) is 11.6 Å². The number of hydrogen-bond acceptors (Lipinski definition) is 2. The average Bonchev–Trinajstić information content (AvgIpc) is 2.75. The second-order valence-corrected chi connectivity index (χ2v) is 5.81. The summed E-state index contributed by atoms with van der Waals surface area (Å²) in [4.78, 5) is 12.4. The van der Waals surface area contributed by atoms with Crippen LogP contribution in [0.15, 0.2) is 22.7 Å². The number of rotatable bonds is 5. The van der Waals surface area contributed by atoms with Crippen LogP contribution >= 0.6 is 27.5 Å². The normalized spacial score (nSPS) is 10.9. The Morgan fingerprint density at radius 1 is 1.43 bits per heavy atom. The van der Waals surface area contributed by atoms with Gasteiger partial charge in [-0.3, -0.25) is 9.48 Å². The van der Waals surface area contributed by atoms with Gasteiger partial charge in [0, 0.05) is 11.0 Å². The molecule has 0 N–H and O–H groups in total. The Morgan fingerprint density at radius 2 is 2.14 bits per heavy atom. The van der Waals surface area contributed by atoms with Gasteiger partial charge >= 0.3 is 0 Å². The lowest BCUT2D eigenvalue weighted by Crippen LogP contribution is -2.12. The van der Waals surface area contributed by atoms with E-state index in [9.17, 15) is 9.18 Å². The minimum absolute atomic E-state index is 0.0270. The summed E-state index contributed by atoms with van der Waals surface area (Å²) >= 11 is 9.50. The minimum atomic E-state index is -0.538. The number of aromatic nitrogens is 2. The molecular formula is C15H15BrClFN2O. The summed E-state index contributed by atoms with van der Waals surface area (Å²) in [6, 6.07) is 4.47. The van der Waals surface area contributed by atoms with Crippen molar-refractivity contribution < 1.29 is 9.18 Å². The number of hydrogen-bond donors (Lipinski definition) is 0. The number of halogens is 3. The van der Waals surface area contributed by atoms with E-state index in [1.165, 1.54) is 6.07 Å². The monoisotopic (exact) mass is 372 g/mol. The van der Waals surface area contributed by atoms with Crippen molar-refractivity contribution in [2.45, 2.75) is 33.2 Å². The molecule has 112 valence electrons. The van der Waals surface area contributed by atoms with E-state index in [2.05, 4.69) is 21.0 Å². The van der Waals surface area contributed by atoms with Crippen molar-refractivity contribution in [3.8, 4) is 0 Å². The summed E-state index contributed by atoms with van der Waals surface area (Å²) in [5, 5.41) is 4.87. The molecule has 0 spiro atoms. The summed E-state index contributed by atoms with van der Waals surface area (Å²) < 4.78 is 16.0. The standard InChI is InChI=1S/C15H15BrClFN2O/c1-3-11-15(17)12(20(4-2)19-11)8-13(21)14-9(16)6-5-7-10(14)18/h5-7H,3-4,8H2,1-2H3. The average molecular weight is 374 g/mol. The molecule has 0 radical (unpaired) electrons. The van der Waals surface area contributed by atoms with Crippen molar-refractivity contribution in [1.82, 2.24) is 9.78 Å². The van der Waals surface area contributed by atoms with Crippen LogP contribution in [0.4, 0.5) is 4.39 Å². The van der Waals surface area contributed by atoms with Crippen molar-refractivity contribution >= 4 is 33.3 Å². The number of aryl methyl sites for hydroxylation is 2. The van der Waals surface area contributed by atoms with Gasteiger partial charge in [-0.15, -0.1) is 0 Å². The van der Waals surface area contributed by atoms with Crippen LogP contribution in [-0.4, -0.2) is 15.6 Å². The summed E-state index contributed by atoms with van der Waals surface area (Å²) in [5.41, 5.74) is 1.44. The van der Waals surface area contributed by atoms with Crippen LogP contribution in [0.25, 0.3) is 0 Å². The van der Waals surface area contributed by atoms with Gasteiger partial charge in [0.25, 0.3) is 0 Å². The van der Waals surface area contributed by atoms with E-state index < -0.39 is 5.82 Å². The molecule has 6 heteroatoms. The van der Waals surface area contributed by atoms with Crippen LogP contribution in [0.5, 0.6) is 0 Å². The van der Waals surface area contributed by atoms with E-state index in [1.807, 2.05) is 13.8 Å². The van der Waals surface area contributed by atoms with E-state index in [1.54, 1.807) is 16.8 Å². The van der Waals surface area contributed by atoms with E-state index in [0.717, 1.165) is 5.69 Å². The first-order valence-electron chi connectivity index (χ1n) is 6.70. The van der Waals surface area contributed by atoms with Crippen LogP contribution in [0.2, 0.25) is 5.02 Å². The van der Waals surface area contributed by atoms with Crippen LogP contribution in [-0.2, 0) is 19.4 Å². The molecule has 0 unspecified atom stereocenters. The van der Waals surface area contributed by atoms with E-state index >= 15 is 0 Å². The van der Waals surface area contributed by atoms with Crippen LogP contribution in [0.3, 0.4) is 0 Å². The Kier molecular flexibility index (Phi) is 5.17. The Balaban J connectivity index is 2.38. The lowest BCUT2D eigenvalue weighted by Gasteiger charge is -2.07. The van der Waals surface area contributed by atoms with Gasteiger partial charge in [-0.1, -0.05) is 24.6 Å². The molecule has 0 amide bonds. The predicted molar refractivity (Wildman–Crippen MR) is 84.4 cm³/mol. The molecule has 0 bridgehead atoms. The number of Topliss-reactive ketones (excluding diaryl/α,β-unsaturated/α-hetero) is 1. The zero-order valence-electron chi connectivity index (χ0n) is 11.8. The van der Waals surface area contributed by atoms with Gasteiger partial charge in [0.05, 0.1) is 28.4 Å². The fourth-order valence-electron chi connectivity index (χ4n) is 2.19. The van der Waals surface area contributed by atoms with E-state index in [-0.39, 0.29) is 17.8 Å². The van der Waals surface area contributed by atoms with Gasteiger partial charge in [-0.2, -0.15) is 5.10 Å². The van der Waals surface area contributed by atoms with Gasteiger partial charge in [-0.25, -0.2) is 4.39 Å². The third-order valence-corrected chi connectivity index (χ3v) is 4.36. The first-order valence-corrected chi connectivity index (χ1v) is 7.87. The van der Waals surface area contributed by atoms with Gasteiger partial charge < -0.3 is 0 Å². The zero-order valence-corrected chi connectivity index (χ0v) is 14.1. The summed E-state index contributed by atoms with van der Waals surface area (Å²) in [7, 11) is 0. The maximum absolute atomic E-state index is 13.9. The maximum atomic E-state index is 13.9. The number of carbonyl (C=O) groups excluding carboxylic acids is 1. The first-order chi connectivity index (χ1) is 9.99. The number of nitrogens with zero attached hydrogens (tertiary/aromatic N) is 2. The van der Waals surface area contributed by atoms with Crippen LogP contribution in [0.1, 0.15) is 35.6 Å². The topological polar surface area (TPSA) is 34.9 Å². The zero-order chi connectivity index (χ0) is 15.6. The highest BCUT2D eigenvalue weighted by Gasteiger charge is 2.21. The molecule has 21 heavy (non-hydrogen) atoms. The molecular weight excluding hydrogens is 359 g/mol. The fraction of sp³-hybridized carbons (Fsp3) is 0.333. The molecule has 0 fully saturated rings. The molecule has 0 aliphatic rings. The number of carbonyl (C=O) groups is 1. The number of benzene rings is 1. The van der Waals surface area contributed by atoms with Crippen molar-refractivity contribution in [1.29, 1.82) is 0 Å². The molecule has 0 aliphatic carbocycles. The highest BCUT2D eigenvalue weighted by Crippen LogP contribution is 2.26. The quantitative estimate of drug-likeness (QED) is 0.726. The second-order valence-electron chi connectivity index (χ2n) is 4.57. The highest BCUT2D eigenvalue weighted by atomic mass is 79.9. The Morgan fingerprint density at radius 3 is 2.71 bits per heavy atom. The molecule has 1 heterocycles. The van der Waals surface area contributed by atoms with Gasteiger partial charge in [0.1, 0.15) is 5.82 Å². The van der Waals surface area contributed by atoms with Crippen molar-refractivity contribution in [3.63, 3.8) is 0 Å². The Bertz CT molecular complexity index is 664. The lowest BCUT2D eigenvalue weighted by molar-refractivity contribution is 0.0986. The Hall–Kier alpha value is -1.20. The molecule has 2 aromatic rings. The third kappa shape index (κ3) is 3.19. The third-order valence-electron chi connectivity index (χ3n) is 3.26. The fourth-order valence-corrected chi connectivity index (χ4v) is 3.09. The summed E-state index contributed by atoms with van der Waals surface area (Å²) in [5.74, 6) is -0.858. The van der Waals surface area contributed by atoms with Crippen LogP contribution < -0.4 is 0 Å². The summed E-state index contributed by atoms with van der Waals surface area (Å²) in [6.07, 6.45) is 0.718. The van der Waals surface area contributed by atoms with Gasteiger partial charge in [0.15, 0.2) is 5.78 Å². The van der Waals surface area contributed by atoms with Gasteiger partial charge in [0.2, 0.25) is 0 Å². The molecule has 0 saturated carbocycles. The smallest absolute Gasteiger partial charge is 0.172 e. The molecule has 0 saturated heterocycles. The lowest BCUT2D eigenvalue weighted by atomic mass is 10.1. The molecule has 0 atom stereocenters. The van der Waals surface area contributed by atoms with Crippen molar-refractivity contribution in [3.05, 3.63) is 50.5 Å². The molecule has 2 rings (SSSR count). The van der Waals surface area contributed by atoms with E-state index in [0.29, 0.717) is 28.2 Å². The highest BCUT2D eigenvalue weighted by molar-refractivity contribution is 9.10. The largest absolute Gasteiger partial charge is 0.294 e. The van der Waals surface area contributed by atoms with Crippen molar-refractivity contribution in [2.75, 3.05) is 0 Å². The van der Waals surface area contributed by atoms with Gasteiger partial charge in [-0.05, 0) is 41.4 Å². The first kappa shape index (κ1) is 16.2. The van der Waals surface area contributed by atoms with Crippen molar-refractivity contribution in [2.24, 2.45) is 0 Å². The molecule has 1 aromatic carbocycles. The molecule has 3 nitrogen and oxygen atoms in total. The SMILES string of the molecule is CCc1nn(CC)c(CC(=O)c2c(F)cccc2Br)c1Cl.